The molecule has 18 heavy (non-hydrogen) atoms. The molecule has 1 saturated heterocycles. The Morgan fingerprint density at radius 2 is 2.17 bits per heavy atom. The maximum absolute atomic E-state index is 12.0. The maximum atomic E-state index is 12.0. The molecule has 0 bridgehead atoms. The third kappa shape index (κ3) is 2.67. The third-order valence-corrected chi connectivity index (χ3v) is 3.55. The lowest BCUT2D eigenvalue weighted by molar-refractivity contribution is -0.122. The lowest BCUT2D eigenvalue weighted by atomic mass is 10.3. The predicted molar refractivity (Wildman–Crippen MR) is 71.0 cm³/mol. The molecular weight excluding hydrogens is 250 g/mol. The number of hydrogen-bond acceptors (Lipinski definition) is 4. The monoisotopic (exact) mass is 265 g/mol. The Balaban J connectivity index is 2.14. The molecule has 4 nitrogen and oxygen atoms in total. The number of imide groups is 1. The number of rotatable bonds is 4. The van der Waals surface area contributed by atoms with Gasteiger partial charge in [-0.15, -0.1) is 0 Å². The van der Waals surface area contributed by atoms with Gasteiger partial charge in [0.1, 0.15) is 11.5 Å². The van der Waals surface area contributed by atoms with Crippen LogP contribution in [0.25, 0.3) is 6.08 Å². The highest BCUT2D eigenvalue weighted by Gasteiger charge is 2.34. The number of thioether (sulfide) groups is 1. The number of hydrogen-bond donors (Lipinski definition) is 0. The van der Waals surface area contributed by atoms with Crippen LogP contribution in [0, 0.1) is 6.92 Å². The Bertz CT molecular complexity index is 504. The summed E-state index contributed by atoms with van der Waals surface area (Å²) in [5.74, 6) is 1.17. The molecule has 1 aromatic rings. The summed E-state index contributed by atoms with van der Waals surface area (Å²) in [6.45, 7) is 4.36. The molecule has 0 saturated carbocycles. The van der Waals surface area contributed by atoms with Gasteiger partial charge in [0.05, 0.1) is 4.91 Å². The Kier molecular flexibility index (Phi) is 3.91. The average Bonchev–Trinajstić information content (AvgIpc) is 2.84. The lowest BCUT2D eigenvalue weighted by Crippen LogP contribution is -2.29. The van der Waals surface area contributed by atoms with Crippen LogP contribution in [-0.4, -0.2) is 22.6 Å². The zero-order valence-electron chi connectivity index (χ0n) is 10.4. The molecule has 1 fully saturated rings. The first-order valence-corrected chi connectivity index (χ1v) is 6.75. The molecule has 0 unspecified atom stereocenters. The highest BCUT2D eigenvalue weighted by atomic mass is 32.2. The van der Waals surface area contributed by atoms with E-state index < -0.39 is 0 Å². The van der Waals surface area contributed by atoms with Gasteiger partial charge < -0.3 is 4.42 Å². The van der Waals surface area contributed by atoms with Crippen LogP contribution in [0.1, 0.15) is 31.3 Å². The van der Waals surface area contributed by atoms with Crippen LogP contribution in [0.4, 0.5) is 4.79 Å². The van der Waals surface area contributed by atoms with E-state index in [9.17, 15) is 9.59 Å². The lowest BCUT2D eigenvalue weighted by Gasteiger charge is -2.10. The SMILES string of the molecule is CCCCN1C(=O)S/C(=C/c2ccc(C)o2)C1=O. The summed E-state index contributed by atoms with van der Waals surface area (Å²) in [7, 11) is 0. The second kappa shape index (κ2) is 5.44. The first kappa shape index (κ1) is 13.0. The maximum Gasteiger partial charge on any atom is 0.293 e. The number of carbonyl (C=O) groups is 2. The van der Waals surface area contributed by atoms with Crippen LogP contribution in [0.3, 0.4) is 0 Å². The van der Waals surface area contributed by atoms with Crippen LogP contribution >= 0.6 is 11.8 Å². The number of carbonyl (C=O) groups excluding carboxylic acids is 2. The van der Waals surface area contributed by atoms with Gasteiger partial charge in [-0.05, 0) is 37.2 Å². The van der Waals surface area contributed by atoms with Crippen molar-refractivity contribution in [2.45, 2.75) is 26.7 Å². The van der Waals surface area contributed by atoms with Crippen molar-refractivity contribution in [2.24, 2.45) is 0 Å². The topological polar surface area (TPSA) is 50.5 Å². The van der Waals surface area contributed by atoms with E-state index in [0.717, 1.165) is 30.4 Å². The quantitative estimate of drug-likeness (QED) is 0.783. The van der Waals surface area contributed by atoms with E-state index in [1.165, 1.54) is 4.90 Å². The van der Waals surface area contributed by atoms with E-state index in [4.69, 9.17) is 4.42 Å². The smallest absolute Gasteiger partial charge is 0.293 e. The molecule has 0 spiro atoms. The Labute approximate surface area is 110 Å². The first-order valence-electron chi connectivity index (χ1n) is 5.93. The molecule has 1 aliphatic rings. The average molecular weight is 265 g/mol. The summed E-state index contributed by atoms with van der Waals surface area (Å²) in [5, 5.41) is -0.192. The number of amides is 2. The van der Waals surface area contributed by atoms with Crippen molar-refractivity contribution in [1.29, 1.82) is 0 Å². The van der Waals surface area contributed by atoms with Gasteiger partial charge in [-0.2, -0.15) is 0 Å². The van der Waals surface area contributed by atoms with Gasteiger partial charge in [0.2, 0.25) is 0 Å². The van der Waals surface area contributed by atoms with Gasteiger partial charge >= 0.3 is 0 Å². The van der Waals surface area contributed by atoms with Crippen molar-refractivity contribution < 1.29 is 14.0 Å². The standard InChI is InChI=1S/C13H15NO3S/c1-3-4-7-14-12(15)11(18-13(14)16)8-10-6-5-9(2)17-10/h5-6,8H,3-4,7H2,1-2H3/b11-8+. The molecule has 0 N–H and O–H groups in total. The summed E-state index contributed by atoms with van der Waals surface area (Å²) in [5.41, 5.74) is 0. The van der Waals surface area contributed by atoms with Gasteiger partial charge in [0, 0.05) is 12.6 Å². The molecule has 96 valence electrons. The molecule has 1 aromatic heterocycles. The first-order chi connectivity index (χ1) is 8.61. The van der Waals surface area contributed by atoms with Gasteiger partial charge in [-0.1, -0.05) is 13.3 Å². The Morgan fingerprint density at radius 3 is 2.78 bits per heavy atom. The number of aryl methyl sites for hydroxylation is 1. The van der Waals surface area contributed by atoms with Gasteiger partial charge in [-0.3, -0.25) is 14.5 Å². The van der Waals surface area contributed by atoms with Gasteiger partial charge in [0.25, 0.3) is 11.1 Å². The second-order valence-electron chi connectivity index (χ2n) is 4.14. The van der Waals surface area contributed by atoms with Crippen LogP contribution < -0.4 is 0 Å². The number of furan rings is 1. The molecule has 2 amide bonds. The molecule has 0 radical (unpaired) electrons. The van der Waals surface area contributed by atoms with E-state index in [2.05, 4.69) is 0 Å². The molecule has 1 aliphatic heterocycles. The molecule has 0 aromatic carbocycles. The fourth-order valence-electron chi connectivity index (χ4n) is 1.67. The molecule has 5 heteroatoms. The Hall–Kier alpha value is -1.49. The zero-order valence-corrected chi connectivity index (χ0v) is 11.3. The van der Waals surface area contributed by atoms with Crippen LogP contribution in [-0.2, 0) is 4.79 Å². The van der Waals surface area contributed by atoms with Crippen molar-refractivity contribution in [1.82, 2.24) is 4.90 Å². The van der Waals surface area contributed by atoms with Crippen molar-refractivity contribution in [2.75, 3.05) is 6.54 Å². The van der Waals surface area contributed by atoms with Crippen molar-refractivity contribution in [3.8, 4) is 0 Å². The van der Waals surface area contributed by atoms with Crippen LogP contribution in [0.2, 0.25) is 0 Å². The highest BCUT2D eigenvalue weighted by Crippen LogP contribution is 2.32. The van der Waals surface area contributed by atoms with E-state index in [-0.39, 0.29) is 11.1 Å². The summed E-state index contributed by atoms with van der Waals surface area (Å²) < 4.78 is 5.37. The third-order valence-electron chi connectivity index (χ3n) is 2.64. The number of unbranched alkanes of at least 4 members (excludes halogenated alkanes) is 1. The van der Waals surface area contributed by atoms with Crippen molar-refractivity contribution >= 4 is 29.0 Å². The summed E-state index contributed by atoms with van der Waals surface area (Å²) in [6, 6.07) is 3.61. The minimum absolute atomic E-state index is 0.192. The van der Waals surface area contributed by atoms with E-state index in [1.807, 2.05) is 19.9 Å². The van der Waals surface area contributed by atoms with E-state index >= 15 is 0 Å². The Morgan fingerprint density at radius 1 is 1.39 bits per heavy atom. The minimum Gasteiger partial charge on any atom is -0.462 e. The van der Waals surface area contributed by atoms with Crippen molar-refractivity contribution in [3.63, 3.8) is 0 Å². The normalized spacial score (nSPS) is 18.1. The molecular formula is C13H15NO3S. The number of nitrogens with zero attached hydrogens (tertiary/aromatic N) is 1. The minimum atomic E-state index is -0.215. The van der Waals surface area contributed by atoms with Crippen molar-refractivity contribution in [3.05, 3.63) is 28.6 Å². The largest absolute Gasteiger partial charge is 0.462 e. The fourth-order valence-corrected chi connectivity index (χ4v) is 2.51. The summed E-state index contributed by atoms with van der Waals surface area (Å²) in [4.78, 5) is 25.4. The second-order valence-corrected chi connectivity index (χ2v) is 5.13. The fraction of sp³-hybridized carbons (Fsp3) is 0.385. The van der Waals surface area contributed by atoms with Gasteiger partial charge in [0.15, 0.2) is 0 Å². The summed E-state index contributed by atoms with van der Waals surface area (Å²) in [6.07, 6.45) is 3.42. The summed E-state index contributed by atoms with van der Waals surface area (Å²) >= 11 is 0.975. The zero-order chi connectivity index (χ0) is 13.1. The van der Waals surface area contributed by atoms with Crippen LogP contribution in [0.15, 0.2) is 21.5 Å². The molecule has 0 aliphatic carbocycles. The molecule has 2 rings (SSSR count). The predicted octanol–water partition coefficient (Wildman–Crippen LogP) is 3.42. The highest BCUT2D eigenvalue weighted by molar-refractivity contribution is 8.18. The molecule has 0 atom stereocenters. The molecule has 2 heterocycles. The van der Waals surface area contributed by atoms with E-state index in [0.29, 0.717) is 17.2 Å². The van der Waals surface area contributed by atoms with Gasteiger partial charge in [-0.25, -0.2) is 0 Å². The van der Waals surface area contributed by atoms with Crippen LogP contribution in [0.5, 0.6) is 0 Å². The van der Waals surface area contributed by atoms with E-state index in [1.54, 1.807) is 12.1 Å².